The molecule has 0 unspecified atom stereocenters. The molecule has 5 aromatic rings. The second kappa shape index (κ2) is 9.55. The number of carbonyl (C=O) groups excluding carboxylic acids is 1. The molecule has 0 N–H and O–H groups in total. The van der Waals surface area contributed by atoms with Gasteiger partial charge in [0, 0.05) is 25.5 Å². The minimum atomic E-state index is -0.381. The number of hydrogen-bond donors (Lipinski definition) is 0. The van der Waals surface area contributed by atoms with Crippen LogP contribution < -0.4 is 5.43 Å². The first-order valence-corrected chi connectivity index (χ1v) is 11.0. The maximum atomic E-state index is 13.6. The van der Waals surface area contributed by atoms with Gasteiger partial charge < -0.3 is 9.32 Å². The van der Waals surface area contributed by atoms with Gasteiger partial charge in [0.1, 0.15) is 17.4 Å². The van der Waals surface area contributed by atoms with E-state index >= 15 is 0 Å². The molecule has 5 heteroatoms. The number of pyridine rings is 1. The summed E-state index contributed by atoms with van der Waals surface area (Å²) in [5.74, 6) is -0.381. The van der Waals surface area contributed by atoms with E-state index in [-0.39, 0.29) is 16.9 Å². The lowest BCUT2D eigenvalue weighted by molar-refractivity contribution is 0.0726. The van der Waals surface area contributed by atoms with Gasteiger partial charge in [-0.05, 0) is 46.5 Å². The average molecular weight is 447 g/mol. The predicted molar refractivity (Wildman–Crippen MR) is 132 cm³/mol. The van der Waals surface area contributed by atoms with E-state index in [0.717, 1.165) is 22.3 Å². The van der Waals surface area contributed by atoms with Gasteiger partial charge in [-0.25, -0.2) is 0 Å². The van der Waals surface area contributed by atoms with Crippen LogP contribution in [0.3, 0.4) is 0 Å². The third-order valence-corrected chi connectivity index (χ3v) is 5.70. The smallest absolute Gasteiger partial charge is 0.261 e. The van der Waals surface area contributed by atoms with Crippen molar-refractivity contribution in [1.82, 2.24) is 9.88 Å². The summed E-state index contributed by atoms with van der Waals surface area (Å²) >= 11 is 0. The van der Waals surface area contributed by atoms with Crippen LogP contribution in [0.25, 0.3) is 22.1 Å². The molecule has 34 heavy (non-hydrogen) atoms. The Balaban J connectivity index is 1.51. The van der Waals surface area contributed by atoms with Crippen LogP contribution in [-0.2, 0) is 13.1 Å². The molecular formula is C29H22N2O3. The van der Waals surface area contributed by atoms with Crippen molar-refractivity contribution >= 4 is 16.9 Å². The Labute approximate surface area is 196 Å². The van der Waals surface area contributed by atoms with Gasteiger partial charge >= 0.3 is 0 Å². The van der Waals surface area contributed by atoms with Crippen LogP contribution in [0.4, 0.5) is 0 Å². The van der Waals surface area contributed by atoms with E-state index in [1.165, 1.54) is 6.26 Å². The number of rotatable bonds is 6. The van der Waals surface area contributed by atoms with Gasteiger partial charge in [0.05, 0.1) is 5.39 Å². The summed E-state index contributed by atoms with van der Waals surface area (Å²) in [5.41, 5.74) is 4.15. The normalized spacial score (nSPS) is 10.8. The molecule has 166 valence electrons. The molecule has 5 nitrogen and oxygen atoms in total. The Morgan fingerprint density at radius 2 is 1.53 bits per heavy atom. The SMILES string of the molecule is O=C(c1coc2ccccc2c1=O)N(Cc1cccnc1)Cc1cccc(-c2ccccc2)c1. The summed E-state index contributed by atoms with van der Waals surface area (Å²) in [4.78, 5) is 32.5. The van der Waals surface area contributed by atoms with Crippen LogP contribution in [0.5, 0.6) is 0 Å². The van der Waals surface area contributed by atoms with Crippen LogP contribution in [0.2, 0.25) is 0 Å². The lowest BCUT2D eigenvalue weighted by atomic mass is 10.0. The summed E-state index contributed by atoms with van der Waals surface area (Å²) in [6.45, 7) is 0.648. The third-order valence-electron chi connectivity index (χ3n) is 5.70. The second-order valence-corrected chi connectivity index (χ2v) is 8.06. The highest BCUT2D eigenvalue weighted by molar-refractivity contribution is 5.96. The Morgan fingerprint density at radius 3 is 2.35 bits per heavy atom. The standard InChI is InChI=1S/C29H22N2O3/c32-28-25-13-4-5-14-27(25)34-20-26(28)29(33)31(19-22-9-7-15-30-17-22)18-21-8-6-12-24(16-21)23-10-2-1-3-11-23/h1-17,20H,18-19H2. The van der Waals surface area contributed by atoms with E-state index in [9.17, 15) is 9.59 Å². The topological polar surface area (TPSA) is 63.4 Å². The van der Waals surface area contributed by atoms with E-state index in [1.54, 1.807) is 41.6 Å². The van der Waals surface area contributed by atoms with Crippen molar-refractivity contribution in [3.05, 3.63) is 137 Å². The Hall–Kier alpha value is -4.51. The number of benzene rings is 3. The molecule has 0 aliphatic heterocycles. The van der Waals surface area contributed by atoms with Crippen molar-refractivity contribution in [2.75, 3.05) is 0 Å². The summed E-state index contributed by atoms with van der Waals surface area (Å²) in [5, 5.41) is 0.390. The molecule has 0 saturated heterocycles. The quantitative estimate of drug-likeness (QED) is 0.336. The van der Waals surface area contributed by atoms with Crippen molar-refractivity contribution in [1.29, 1.82) is 0 Å². The van der Waals surface area contributed by atoms with Gasteiger partial charge in [-0.15, -0.1) is 0 Å². The summed E-state index contributed by atoms with van der Waals surface area (Å²) < 4.78 is 5.61. The van der Waals surface area contributed by atoms with E-state index in [0.29, 0.717) is 24.1 Å². The highest BCUT2D eigenvalue weighted by Gasteiger charge is 2.22. The lowest BCUT2D eigenvalue weighted by Gasteiger charge is -2.23. The Bertz CT molecular complexity index is 1490. The van der Waals surface area contributed by atoms with Gasteiger partial charge in [-0.1, -0.05) is 66.7 Å². The van der Waals surface area contributed by atoms with Crippen molar-refractivity contribution < 1.29 is 9.21 Å². The van der Waals surface area contributed by atoms with Gasteiger partial charge in [0.15, 0.2) is 0 Å². The number of amides is 1. The summed E-state index contributed by atoms with van der Waals surface area (Å²) in [7, 11) is 0. The zero-order valence-electron chi connectivity index (χ0n) is 18.4. The molecule has 0 atom stereocenters. The Kier molecular flexibility index (Phi) is 5.99. The fourth-order valence-corrected chi connectivity index (χ4v) is 4.01. The lowest BCUT2D eigenvalue weighted by Crippen LogP contribution is -2.33. The molecular weight excluding hydrogens is 424 g/mol. The maximum Gasteiger partial charge on any atom is 0.261 e. The van der Waals surface area contributed by atoms with Crippen molar-refractivity contribution in [2.24, 2.45) is 0 Å². The maximum absolute atomic E-state index is 13.6. The van der Waals surface area contributed by atoms with Gasteiger partial charge in [-0.3, -0.25) is 14.6 Å². The van der Waals surface area contributed by atoms with Gasteiger partial charge in [0.2, 0.25) is 5.43 Å². The highest BCUT2D eigenvalue weighted by atomic mass is 16.3. The van der Waals surface area contributed by atoms with Crippen molar-refractivity contribution in [2.45, 2.75) is 13.1 Å². The number of carbonyl (C=O) groups is 1. The fourth-order valence-electron chi connectivity index (χ4n) is 4.01. The molecule has 0 aliphatic rings. The molecule has 0 radical (unpaired) electrons. The molecule has 0 aliphatic carbocycles. The number of fused-ring (bicyclic) bond motifs is 1. The number of aromatic nitrogens is 1. The second-order valence-electron chi connectivity index (χ2n) is 8.06. The van der Waals surface area contributed by atoms with Crippen LogP contribution in [-0.4, -0.2) is 15.8 Å². The highest BCUT2D eigenvalue weighted by Crippen LogP contribution is 2.22. The molecule has 3 aromatic carbocycles. The van der Waals surface area contributed by atoms with Crippen LogP contribution in [0, 0.1) is 0 Å². The van der Waals surface area contributed by atoms with E-state index in [1.807, 2.05) is 48.5 Å². The van der Waals surface area contributed by atoms with Crippen molar-refractivity contribution in [3.63, 3.8) is 0 Å². The fraction of sp³-hybridized carbons (Fsp3) is 0.0690. The molecule has 0 saturated carbocycles. The first kappa shape index (κ1) is 21.3. The molecule has 2 aromatic heterocycles. The number of hydrogen-bond acceptors (Lipinski definition) is 4. The molecule has 0 fully saturated rings. The van der Waals surface area contributed by atoms with E-state index in [2.05, 4.69) is 23.2 Å². The molecule has 1 amide bonds. The van der Waals surface area contributed by atoms with Crippen molar-refractivity contribution in [3.8, 4) is 11.1 Å². The van der Waals surface area contributed by atoms with Crippen LogP contribution >= 0.6 is 0 Å². The minimum absolute atomic E-state index is 0.0156. The molecule has 5 rings (SSSR count). The van der Waals surface area contributed by atoms with Crippen LogP contribution in [0.1, 0.15) is 21.5 Å². The van der Waals surface area contributed by atoms with Crippen LogP contribution in [0.15, 0.2) is 119 Å². The van der Waals surface area contributed by atoms with E-state index < -0.39 is 0 Å². The predicted octanol–water partition coefficient (Wildman–Crippen LogP) is 5.70. The van der Waals surface area contributed by atoms with E-state index in [4.69, 9.17) is 4.42 Å². The zero-order valence-corrected chi connectivity index (χ0v) is 18.4. The molecule has 0 spiro atoms. The first-order chi connectivity index (χ1) is 16.7. The Morgan fingerprint density at radius 1 is 0.794 bits per heavy atom. The monoisotopic (exact) mass is 446 g/mol. The minimum Gasteiger partial charge on any atom is -0.463 e. The van der Waals surface area contributed by atoms with Gasteiger partial charge in [-0.2, -0.15) is 0 Å². The van der Waals surface area contributed by atoms with Gasteiger partial charge in [0.25, 0.3) is 5.91 Å². The molecule has 0 bridgehead atoms. The summed E-state index contributed by atoms with van der Waals surface area (Å²) in [6.07, 6.45) is 4.68. The molecule has 2 heterocycles. The first-order valence-electron chi connectivity index (χ1n) is 11.0. The largest absolute Gasteiger partial charge is 0.463 e. The third kappa shape index (κ3) is 4.50. The average Bonchev–Trinajstić information content (AvgIpc) is 2.90. The number of nitrogens with zero attached hydrogens (tertiary/aromatic N) is 2. The number of para-hydroxylation sites is 1. The summed E-state index contributed by atoms with van der Waals surface area (Å²) in [6, 6.07) is 28.9. The zero-order chi connectivity index (χ0) is 23.3.